The molecule has 0 fully saturated rings. The monoisotopic (exact) mass is 459 g/mol. The van der Waals surface area contributed by atoms with E-state index in [1.54, 1.807) is 25.1 Å². The van der Waals surface area contributed by atoms with Crippen molar-refractivity contribution in [3.05, 3.63) is 57.4 Å². The lowest BCUT2D eigenvalue weighted by atomic mass is 10.2. The predicted octanol–water partition coefficient (Wildman–Crippen LogP) is 3.79. The van der Waals surface area contributed by atoms with Gasteiger partial charge in [0.05, 0.1) is 16.3 Å². The molecule has 4 aromatic rings. The molecule has 0 saturated carbocycles. The van der Waals surface area contributed by atoms with E-state index in [2.05, 4.69) is 41.4 Å². The van der Waals surface area contributed by atoms with Crippen LogP contribution in [0, 0.1) is 0 Å². The van der Waals surface area contributed by atoms with Crippen molar-refractivity contribution in [3.8, 4) is 11.5 Å². The average molecular weight is 460 g/mol. The van der Waals surface area contributed by atoms with Gasteiger partial charge < -0.3 is 19.7 Å². The van der Waals surface area contributed by atoms with Crippen LogP contribution in [0.4, 0.5) is 5.69 Å². The number of nitrogens with one attached hydrogen (secondary N) is 3. The number of benzene rings is 2. The predicted molar refractivity (Wildman–Crippen MR) is 110 cm³/mol. The molecule has 0 aliphatic rings. The zero-order valence-electron chi connectivity index (χ0n) is 14.5. The van der Waals surface area contributed by atoms with E-state index in [4.69, 9.17) is 4.42 Å². The van der Waals surface area contributed by atoms with E-state index in [9.17, 15) is 9.59 Å². The summed E-state index contributed by atoms with van der Waals surface area (Å²) >= 11 is 4.55. The van der Waals surface area contributed by atoms with Gasteiger partial charge in [-0.1, -0.05) is 27.7 Å². The number of anilines is 1. The minimum atomic E-state index is -0.459. The molecule has 0 bridgehead atoms. The summed E-state index contributed by atoms with van der Waals surface area (Å²) in [6.07, 6.45) is 0. The van der Waals surface area contributed by atoms with Crippen molar-refractivity contribution in [2.75, 3.05) is 5.32 Å². The van der Waals surface area contributed by atoms with Crippen molar-refractivity contribution in [2.24, 2.45) is 0 Å². The topological polar surface area (TPSA) is 117 Å². The van der Waals surface area contributed by atoms with Crippen molar-refractivity contribution >= 4 is 50.3 Å². The molecule has 4 rings (SSSR count). The van der Waals surface area contributed by atoms with Crippen LogP contribution in [-0.4, -0.2) is 31.3 Å². The van der Waals surface area contributed by atoms with Crippen LogP contribution in [-0.2, 0) is 4.79 Å². The number of nitrogens with zero attached hydrogens (tertiary/aromatic N) is 2. The molecule has 2 aromatic heterocycles. The first-order valence-electron chi connectivity index (χ1n) is 8.27. The normalized spacial score (nSPS) is 12.2. The Kier molecular flexibility index (Phi) is 5.05. The van der Waals surface area contributed by atoms with Crippen LogP contribution in [0.15, 0.2) is 61.4 Å². The van der Waals surface area contributed by atoms with Gasteiger partial charge in [-0.15, -0.1) is 10.2 Å². The summed E-state index contributed by atoms with van der Waals surface area (Å²) in [6, 6.07) is 12.6. The summed E-state index contributed by atoms with van der Waals surface area (Å²) in [5, 5.41) is 10.7. The van der Waals surface area contributed by atoms with Crippen LogP contribution >= 0.6 is 27.7 Å². The number of H-pyrrole nitrogens is 2. The SMILES string of the molecule is CC(Sc1nnc(-c2ccc(Br)cc2)o1)C(=O)Nc1ccc2[nH]c(=O)[nH]c2c1. The highest BCUT2D eigenvalue weighted by Gasteiger charge is 2.19. The molecule has 8 nitrogen and oxygen atoms in total. The van der Waals surface area contributed by atoms with Gasteiger partial charge in [-0.3, -0.25) is 4.79 Å². The fourth-order valence-electron chi connectivity index (χ4n) is 2.53. The number of hydrogen-bond acceptors (Lipinski definition) is 6. The molecule has 0 spiro atoms. The van der Waals surface area contributed by atoms with E-state index < -0.39 is 5.25 Å². The van der Waals surface area contributed by atoms with Crippen LogP contribution in [0.5, 0.6) is 0 Å². The van der Waals surface area contributed by atoms with Gasteiger partial charge in [0.1, 0.15) is 0 Å². The van der Waals surface area contributed by atoms with Crippen LogP contribution < -0.4 is 11.0 Å². The van der Waals surface area contributed by atoms with Crippen LogP contribution in [0.25, 0.3) is 22.5 Å². The Bertz CT molecular complexity index is 1200. The van der Waals surface area contributed by atoms with Gasteiger partial charge >= 0.3 is 5.69 Å². The maximum atomic E-state index is 12.5. The Labute approximate surface area is 171 Å². The molecule has 2 heterocycles. The van der Waals surface area contributed by atoms with E-state index in [0.717, 1.165) is 10.0 Å². The van der Waals surface area contributed by atoms with E-state index in [1.807, 2.05) is 24.3 Å². The van der Waals surface area contributed by atoms with Crippen molar-refractivity contribution in [1.29, 1.82) is 0 Å². The molecule has 10 heteroatoms. The third kappa shape index (κ3) is 4.02. The molecule has 1 atom stereocenters. The van der Waals surface area contributed by atoms with Gasteiger partial charge in [-0.05, 0) is 49.4 Å². The number of amides is 1. The fraction of sp³-hybridized carbons (Fsp3) is 0.111. The van der Waals surface area contributed by atoms with E-state index in [0.29, 0.717) is 27.8 Å². The number of aromatic amines is 2. The van der Waals surface area contributed by atoms with E-state index in [1.165, 1.54) is 11.8 Å². The third-order valence-electron chi connectivity index (χ3n) is 3.93. The summed E-state index contributed by atoms with van der Waals surface area (Å²) in [5.41, 5.74) is 2.39. The van der Waals surface area contributed by atoms with Gasteiger partial charge in [0.25, 0.3) is 5.22 Å². The Balaban J connectivity index is 1.42. The zero-order valence-corrected chi connectivity index (χ0v) is 16.9. The molecular weight excluding hydrogens is 446 g/mol. The fourth-order valence-corrected chi connectivity index (χ4v) is 3.47. The second kappa shape index (κ2) is 7.64. The lowest BCUT2D eigenvalue weighted by molar-refractivity contribution is -0.115. The summed E-state index contributed by atoms with van der Waals surface area (Å²) in [5.74, 6) is 0.176. The molecule has 1 amide bonds. The summed E-state index contributed by atoms with van der Waals surface area (Å²) in [6.45, 7) is 1.75. The smallest absolute Gasteiger partial charge is 0.323 e. The summed E-state index contributed by atoms with van der Waals surface area (Å²) in [7, 11) is 0. The highest BCUT2D eigenvalue weighted by Crippen LogP contribution is 2.27. The number of halogens is 1. The van der Waals surface area contributed by atoms with Crippen LogP contribution in [0.1, 0.15) is 6.92 Å². The minimum Gasteiger partial charge on any atom is -0.411 e. The number of carbonyl (C=O) groups excluding carboxylic acids is 1. The largest absolute Gasteiger partial charge is 0.411 e. The van der Waals surface area contributed by atoms with Gasteiger partial charge in [0, 0.05) is 15.7 Å². The molecule has 142 valence electrons. The maximum absolute atomic E-state index is 12.5. The Morgan fingerprint density at radius 3 is 2.68 bits per heavy atom. The number of carbonyl (C=O) groups is 1. The van der Waals surface area contributed by atoms with E-state index in [-0.39, 0.29) is 11.6 Å². The molecule has 0 aliphatic heterocycles. The van der Waals surface area contributed by atoms with Crippen LogP contribution in [0.2, 0.25) is 0 Å². The number of imidazole rings is 1. The first-order valence-corrected chi connectivity index (χ1v) is 9.94. The molecule has 0 aliphatic carbocycles. The molecule has 0 radical (unpaired) electrons. The highest BCUT2D eigenvalue weighted by molar-refractivity contribution is 9.10. The minimum absolute atomic E-state index is 0.217. The van der Waals surface area contributed by atoms with Gasteiger partial charge in [0.2, 0.25) is 11.8 Å². The van der Waals surface area contributed by atoms with Gasteiger partial charge in [-0.2, -0.15) is 0 Å². The van der Waals surface area contributed by atoms with Crippen molar-refractivity contribution < 1.29 is 9.21 Å². The number of rotatable bonds is 5. The third-order valence-corrected chi connectivity index (χ3v) is 5.39. The van der Waals surface area contributed by atoms with Crippen molar-refractivity contribution in [2.45, 2.75) is 17.4 Å². The lowest BCUT2D eigenvalue weighted by Gasteiger charge is -2.09. The van der Waals surface area contributed by atoms with Gasteiger partial charge in [0.15, 0.2) is 0 Å². The lowest BCUT2D eigenvalue weighted by Crippen LogP contribution is -2.22. The second-order valence-electron chi connectivity index (χ2n) is 5.97. The molecule has 2 aromatic carbocycles. The number of fused-ring (bicyclic) bond motifs is 1. The summed E-state index contributed by atoms with van der Waals surface area (Å²) < 4.78 is 6.60. The first-order chi connectivity index (χ1) is 13.5. The molecule has 1 unspecified atom stereocenters. The van der Waals surface area contributed by atoms with Crippen molar-refractivity contribution in [1.82, 2.24) is 20.2 Å². The Hall–Kier alpha value is -2.85. The maximum Gasteiger partial charge on any atom is 0.323 e. The first kappa shape index (κ1) is 18.5. The second-order valence-corrected chi connectivity index (χ2v) is 8.18. The zero-order chi connectivity index (χ0) is 19.7. The number of aromatic nitrogens is 4. The number of hydrogen-bond donors (Lipinski definition) is 3. The Morgan fingerprint density at radius 1 is 1.14 bits per heavy atom. The highest BCUT2D eigenvalue weighted by atomic mass is 79.9. The molecule has 3 N–H and O–H groups in total. The number of thioether (sulfide) groups is 1. The molecular formula is C18H14BrN5O3S. The Morgan fingerprint density at radius 2 is 1.89 bits per heavy atom. The molecule has 0 saturated heterocycles. The van der Waals surface area contributed by atoms with Crippen molar-refractivity contribution in [3.63, 3.8) is 0 Å². The average Bonchev–Trinajstić information content (AvgIpc) is 3.27. The summed E-state index contributed by atoms with van der Waals surface area (Å²) in [4.78, 5) is 29.1. The quantitative estimate of drug-likeness (QED) is 0.390. The van der Waals surface area contributed by atoms with E-state index >= 15 is 0 Å². The van der Waals surface area contributed by atoms with Gasteiger partial charge in [-0.25, -0.2) is 4.79 Å². The standard InChI is InChI=1S/C18H14BrN5O3S/c1-9(15(25)20-12-6-7-13-14(8-12)22-17(26)21-13)28-18-24-23-16(27-18)10-2-4-11(19)5-3-10/h2-9H,1H3,(H,20,25)(H2,21,22,26). The van der Waals surface area contributed by atoms with Crippen LogP contribution in [0.3, 0.4) is 0 Å². The molecule has 28 heavy (non-hydrogen) atoms.